The van der Waals surface area contributed by atoms with Crippen LogP contribution in [0.4, 0.5) is 5.69 Å². The zero-order valence-electron chi connectivity index (χ0n) is 12.5. The van der Waals surface area contributed by atoms with E-state index in [-0.39, 0.29) is 5.91 Å². The number of hydrogen-bond acceptors (Lipinski definition) is 3. The van der Waals surface area contributed by atoms with Crippen molar-refractivity contribution < 1.29 is 14.3 Å². The van der Waals surface area contributed by atoms with Gasteiger partial charge in [-0.05, 0) is 62.4 Å². The van der Waals surface area contributed by atoms with Gasteiger partial charge in [-0.25, -0.2) is 0 Å². The Labute approximate surface area is 135 Å². The minimum absolute atomic E-state index is 0.223. The molecule has 2 rings (SSSR count). The van der Waals surface area contributed by atoms with Gasteiger partial charge in [-0.2, -0.15) is 0 Å². The van der Waals surface area contributed by atoms with E-state index >= 15 is 0 Å². The summed E-state index contributed by atoms with van der Waals surface area (Å²) in [6, 6.07) is 14.1. The second-order valence-corrected chi connectivity index (χ2v) is 5.10. The van der Waals surface area contributed by atoms with E-state index in [1.165, 1.54) is 0 Å². The Bertz CT molecular complexity index is 611. The SMILES string of the molecule is CCOc1ccc(NC(=O)[C@H](C)Oc2ccc(Cl)cc2)cc1. The summed E-state index contributed by atoms with van der Waals surface area (Å²) in [4.78, 5) is 12.1. The molecule has 1 N–H and O–H groups in total. The highest BCUT2D eigenvalue weighted by Gasteiger charge is 2.14. The normalized spacial score (nSPS) is 11.6. The maximum atomic E-state index is 12.1. The molecule has 4 nitrogen and oxygen atoms in total. The number of benzene rings is 2. The van der Waals surface area contributed by atoms with E-state index < -0.39 is 6.10 Å². The molecule has 0 bridgehead atoms. The van der Waals surface area contributed by atoms with Crippen molar-refractivity contribution in [3.05, 3.63) is 53.6 Å². The lowest BCUT2D eigenvalue weighted by Crippen LogP contribution is -2.30. The number of carbonyl (C=O) groups is 1. The lowest BCUT2D eigenvalue weighted by atomic mass is 10.2. The third-order valence-corrected chi connectivity index (χ3v) is 3.18. The second-order valence-electron chi connectivity index (χ2n) is 4.66. The Kier molecular flexibility index (Phi) is 5.67. The molecule has 0 aliphatic heterocycles. The van der Waals surface area contributed by atoms with Crippen molar-refractivity contribution >= 4 is 23.2 Å². The highest BCUT2D eigenvalue weighted by molar-refractivity contribution is 6.30. The third-order valence-electron chi connectivity index (χ3n) is 2.93. The molecule has 22 heavy (non-hydrogen) atoms. The van der Waals surface area contributed by atoms with Crippen LogP contribution in [-0.4, -0.2) is 18.6 Å². The summed E-state index contributed by atoms with van der Waals surface area (Å²) in [5, 5.41) is 3.42. The Balaban J connectivity index is 1.91. The quantitative estimate of drug-likeness (QED) is 0.870. The number of rotatable bonds is 6. The summed E-state index contributed by atoms with van der Waals surface area (Å²) < 4.78 is 10.9. The predicted molar refractivity (Wildman–Crippen MR) is 87.8 cm³/mol. The zero-order valence-corrected chi connectivity index (χ0v) is 13.3. The molecule has 1 amide bonds. The van der Waals surface area contributed by atoms with Crippen molar-refractivity contribution in [1.82, 2.24) is 0 Å². The van der Waals surface area contributed by atoms with Crippen molar-refractivity contribution in [2.45, 2.75) is 20.0 Å². The molecule has 2 aromatic carbocycles. The van der Waals surface area contributed by atoms with Crippen LogP contribution in [0.25, 0.3) is 0 Å². The summed E-state index contributed by atoms with van der Waals surface area (Å²) in [6.07, 6.45) is -0.618. The van der Waals surface area contributed by atoms with Crippen LogP contribution in [0.1, 0.15) is 13.8 Å². The van der Waals surface area contributed by atoms with Crippen molar-refractivity contribution in [2.75, 3.05) is 11.9 Å². The first-order valence-corrected chi connectivity index (χ1v) is 7.42. The summed E-state index contributed by atoms with van der Waals surface area (Å²) in [7, 11) is 0. The molecule has 0 aliphatic carbocycles. The molecule has 0 unspecified atom stereocenters. The Hall–Kier alpha value is -2.20. The van der Waals surface area contributed by atoms with Gasteiger partial charge in [0, 0.05) is 10.7 Å². The van der Waals surface area contributed by atoms with Crippen molar-refractivity contribution in [3.63, 3.8) is 0 Å². The molecule has 5 heteroatoms. The highest BCUT2D eigenvalue weighted by atomic mass is 35.5. The van der Waals surface area contributed by atoms with Gasteiger partial charge >= 0.3 is 0 Å². The Morgan fingerprint density at radius 2 is 1.68 bits per heavy atom. The molecule has 0 fully saturated rings. The van der Waals surface area contributed by atoms with Gasteiger partial charge in [-0.1, -0.05) is 11.6 Å². The smallest absolute Gasteiger partial charge is 0.265 e. The molecule has 0 aliphatic rings. The number of hydrogen-bond donors (Lipinski definition) is 1. The van der Waals surface area contributed by atoms with E-state index in [1.807, 2.05) is 19.1 Å². The monoisotopic (exact) mass is 319 g/mol. The van der Waals surface area contributed by atoms with Gasteiger partial charge in [0.2, 0.25) is 0 Å². The van der Waals surface area contributed by atoms with Crippen molar-refractivity contribution in [2.24, 2.45) is 0 Å². The van der Waals surface area contributed by atoms with E-state index in [1.54, 1.807) is 43.3 Å². The molecule has 1 atom stereocenters. The van der Waals surface area contributed by atoms with Crippen LogP contribution in [0.2, 0.25) is 5.02 Å². The molecule has 0 radical (unpaired) electrons. The fourth-order valence-corrected chi connectivity index (χ4v) is 1.94. The third kappa shape index (κ3) is 4.67. The van der Waals surface area contributed by atoms with Crippen LogP contribution in [0, 0.1) is 0 Å². The van der Waals surface area contributed by atoms with Gasteiger partial charge in [-0.15, -0.1) is 0 Å². The van der Waals surface area contributed by atoms with E-state index in [9.17, 15) is 4.79 Å². The standard InChI is InChI=1S/C17H18ClNO3/c1-3-21-15-10-6-14(7-11-15)19-17(20)12(2)22-16-8-4-13(18)5-9-16/h4-12H,3H2,1-2H3,(H,19,20)/t12-/m0/s1. The number of anilines is 1. The lowest BCUT2D eigenvalue weighted by molar-refractivity contribution is -0.122. The highest BCUT2D eigenvalue weighted by Crippen LogP contribution is 2.18. The van der Waals surface area contributed by atoms with Crippen LogP contribution in [-0.2, 0) is 4.79 Å². The molecule has 0 heterocycles. The number of amides is 1. The van der Waals surface area contributed by atoms with Gasteiger partial charge in [0.1, 0.15) is 11.5 Å². The number of halogens is 1. The van der Waals surface area contributed by atoms with Gasteiger partial charge in [0.25, 0.3) is 5.91 Å². The first-order chi connectivity index (χ1) is 10.6. The Morgan fingerprint density at radius 3 is 2.27 bits per heavy atom. The van der Waals surface area contributed by atoms with E-state index in [4.69, 9.17) is 21.1 Å². The number of carbonyl (C=O) groups excluding carboxylic acids is 1. The zero-order chi connectivity index (χ0) is 15.9. The molecule has 0 aromatic heterocycles. The Morgan fingerprint density at radius 1 is 1.09 bits per heavy atom. The molecule has 116 valence electrons. The molecule has 0 spiro atoms. The number of nitrogens with one attached hydrogen (secondary N) is 1. The minimum atomic E-state index is -0.618. The van der Waals surface area contributed by atoms with Crippen LogP contribution < -0.4 is 14.8 Å². The molecule has 2 aromatic rings. The largest absolute Gasteiger partial charge is 0.494 e. The summed E-state index contributed by atoms with van der Waals surface area (Å²) >= 11 is 5.81. The van der Waals surface area contributed by atoms with Crippen LogP contribution in [0.15, 0.2) is 48.5 Å². The first kappa shape index (κ1) is 16.2. The minimum Gasteiger partial charge on any atom is -0.494 e. The van der Waals surface area contributed by atoms with Crippen molar-refractivity contribution in [3.8, 4) is 11.5 Å². The lowest BCUT2D eigenvalue weighted by Gasteiger charge is -2.15. The maximum Gasteiger partial charge on any atom is 0.265 e. The number of ether oxygens (including phenoxy) is 2. The van der Waals surface area contributed by atoms with Gasteiger partial charge in [-0.3, -0.25) is 4.79 Å². The maximum absolute atomic E-state index is 12.1. The van der Waals surface area contributed by atoms with Gasteiger partial charge in [0.05, 0.1) is 6.61 Å². The van der Waals surface area contributed by atoms with E-state index in [0.717, 1.165) is 5.75 Å². The van der Waals surface area contributed by atoms with Gasteiger partial charge < -0.3 is 14.8 Å². The topological polar surface area (TPSA) is 47.6 Å². The van der Waals surface area contributed by atoms with Crippen LogP contribution >= 0.6 is 11.6 Å². The fourth-order valence-electron chi connectivity index (χ4n) is 1.82. The van der Waals surface area contributed by atoms with E-state index in [2.05, 4.69) is 5.32 Å². The molecule has 0 saturated carbocycles. The average molecular weight is 320 g/mol. The van der Waals surface area contributed by atoms with Crippen molar-refractivity contribution in [1.29, 1.82) is 0 Å². The summed E-state index contributed by atoms with van der Waals surface area (Å²) in [5.41, 5.74) is 0.694. The van der Waals surface area contributed by atoms with Gasteiger partial charge in [0.15, 0.2) is 6.10 Å². The predicted octanol–water partition coefficient (Wildman–Crippen LogP) is 4.14. The fraction of sp³-hybridized carbons (Fsp3) is 0.235. The van der Waals surface area contributed by atoms with Crippen LogP contribution in [0.3, 0.4) is 0 Å². The molecular formula is C17H18ClNO3. The average Bonchev–Trinajstić information content (AvgIpc) is 2.51. The molecule has 0 saturated heterocycles. The van der Waals surface area contributed by atoms with Crippen LogP contribution in [0.5, 0.6) is 11.5 Å². The summed E-state index contributed by atoms with van der Waals surface area (Å²) in [6.45, 7) is 4.22. The van der Waals surface area contributed by atoms with E-state index in [0.29, 0.717) is 23.1 Å². The summed E-state index contributed by atoms with van der Waals surface area (Å²) in [5.74, 6) is 1.14. The second kappa shape index (κ2) is 7.71. The molecular weight excluding hydrogens is 302 g/mol. The first-order valence-electron chi connectivity index (χ1n) is 7.04.